The Hall–Kier alpha value is -6.74. The number of hydrogen-bond acceptors (Lipinski definition) is 2. The van der Waals surface area contributed by atoms with E-state index in [1.54, 1.807) is 0 Å². The van der Waals surface area contributed by atoms with E-state index in [1.807, 2.05) is 11.3 Å². The lowest BCUT2D eigenvalue weighted by Gasteiger charge is -2.26. The van der Waals surface area contributed by atoms with Crippen molar-refractivity contribution in [3.8, 4) is 22.3 Å². The molecule has 11 rings (SSSR count). The van der Waals surface area contributed by atoms with Crippen molar-refractivity contribution >= 4 is 91.7 Å². The van der Waals surface area contributed by atoms with Crippen LogP contribution in [-0.4, -0.2) is 0 Å². The van der Waals surface area contributed by atoms with Crippen molar-refractivity contribution in [2.24, 2.45) is 0 Å². The molecule has 0 unspecified atom stereocenters. The lowest BCUT2D eigenvalue weighted by Crippen LogP contribution is -2.09. The monoisotopic (exact) mass is 703 g/mol. The van der Waals surface area contributed by atoms with E-state index >= 15 is 0 Å². The van der Waals surface area contributed by atoms with Crippen LogP contribution in [0, 0.1) is 0 Å². The molecule has 0 bridgehead atoms. The summed E-state index contributed by atoms with van der Waals surface area (Å²) < 4.78 is 2.66. The summed E-state index contributed by atoms with van der Waals surface area (Å²) in [5.41, 5.74) is 8.21. The lowest BCUT2D eigenvalue weighted by molar-refractivity contribution is 1.29. The Kier molecular flexibility index (Phi) is 7.11. The van der Waals surface area contributed by atoms with Gasteiger partial charge in [0.2, 0.25) is 0 Å². The minimum atomic E-state index is 1.11. The molecule has 0 amide bonds. The van der Waals surface area contributed by atoms with Crippen LogP contribution in [0.4, 0.5) is 17.1 Å². The minimum absolute atomic E-state index is 1.11. The van der Waals surface area contributed by atoms with Crippen molar-refractivity contribution in [1.82, 2.24) is 0 Å². The van der Waals surface area contributed by atoms with E-state index in [0.29, 0.717) is 0 Å². The Bertz CT molecular complexity index is 3210. The van der Waals surface area contributed by atoms with Crippen LogP contribution in [0.1, 0.15) is 0 Å². The highest BCUT2D eigenvalue weighted by molar-refractivity contribution is 7.25. The molecule has 11 aromatic rings. The first kappa shape index (κ1) is 30.8. The standard InChI is InChI=1S/C52H33NS/c1-3-9-45-36(7-1)13-15-38-17-18-40(31-48(38)45)34-19-25-42(26-20-34)53(44-29-23-39-16-14-37-8-2-4-10-46(37)49(39)33-44)43-27-21-35(22-28-43)41-24-30-52-50(32-41)47-11-5-6-12-51(47)54-52/h1-33H. The van der Waals surface area contributed by atoms with Crippen LogP contribution >= 0.6 is 11.3 Å². The molecule has 0 saturated carbocycles. The van der Waals surface area contributed by atoms with E-state index in [-0.39, 0.29) is 0 Å². The van der Waals surface area contributed by atoms with Gasteiger partial charge >= 0.3 is 0 Å². The summed E-state index contributed by atoms with van der Waals surface area (Å²) in [6, 6.07) is 73.6. The van der Waals surface area contributed by atoms with Gasteiger partial charge in [-0.3, -0.25) is 0 Å². The molecule has 0 aliphatic rings. The summed E-state index contributed by atoms with van der Waals surface area (Å²) in [5.74, 6) is 0. The van der Waals surface area contributed by atoms with Crippen molar-refractivity contribution in [1.29, 1.82) is 0 Å². The zero-order chi connectivity index (χ0) is 35.6. The van der Waals surface area contributed by atoms with E-state index in [2.05, 4.69) is 205 Å². The van der Waals surface area contributed by atoms with Gasteiger partial charge in [-0.25, -0.2) is 0 Å². The van der Waals surface area contributed by atoms with Gasteiger partial charge in [0.1, 0.15) is 0 Å². The highest BCUT2D eigenvalue weighted by atomic mass is 32.1. The summed E-state index contributed by atoms with van der Waals surface area (Å²) in [6.07, 6.45) is 0. The van der Waals surface area contributed by atoms with Gasteiger partial charge in [-0.15, -0.1) is 11.3 Å². The second kappa shape index (κ2) is 12.4. The van der Waals surface area contributed by atoms with Gasteiger partial charge in [0, 0.05) is 37.2 Å². The van der Waals surface area contributed by atoms with Gasteiger partial charge in [0.25, 0.3) is 0 Å². The fraction of sp³-hybridized carbons (Fsp3) is 0. The number of fused-ring (bicyclic) bond motifs is 9. The van der Waals surface area contributed by atoms with E-state index < -0.39 is 0 Å². The quantitative estimate of drug-likeness (QED) is 0.161. The predicted molar refractivity (Wildman–Crippen MR) is 235 cm³/mol. The SMILES string of the molecule is c1ccc2c(c1)ccc1ccc(-c3ccc(N(c4ccc(-c5ccc6sc7ccccc7c6c5)cc4)c4ccc5ccc6ccccc6c5c4)cc3)cc12. The van der Waals surface area contributed by atoms with Crippen LogP contribution in [0.5, 0.6) is 0 Å². The van der Waals surface area contributed by atoms with Gasteiger partial charge < -0.3 is 4.90 Å². The maximum atomic E-state index is 2.39. The largest absolute Gasteiger partial charge is 0.310 e. The minimum Gasteiger partial charge on any atom is -0.310 e. The Morgan fingerprint density at radius 3 is 1.30 bits per heavy atom. The number of nitrogens with zero attached hydrogens (tertiary/aromatic N) is 1. The Morgan fingerprint density at radius 2 is 0.667 bits per heavy atom. The summed E-state index contributed by atoms with van der Waals surface area (Å²) in [5, 5.41) is 12.8. The molecule has 0 radical (unpaired) electrons. The van der Waals surface area contributed by atoms with Gasteiger partial charge in [-0.2, -0.15) is 0 Å². The van der Waals surface area contributed by atoms with Crippen LogP contribution in [-0.2, 0) is 0 Å². The Balaban J connectivity index is 1.02. The van der Waals surface area contributed by atoms with Crippen LogP contribution in [0.25, 0.3) is 85.5 Å². The average molecular weight is 704 g/mol. The van der Waals surface area contributed by atoms with Gasteiger partial charge in [-0.1, -0.05) is 140 Å². The van der Waals surface area contributed by atoms with Crippen molar-refractivity contribution < 1.29 is 0 Å². The molecule has 1 aromatic heterocycles. The predicted octanol–water partition coefficient (Wildman–Crippen LogP) is 15.5. The Morgan fingerprint density at radius 1 is 0.259 bits per heavy atom. The summed E-state index contributed by atoms with van der Waals surface area (Å²) >= 11 is 1.86. The fourth-order valence-electron chi connectivity index (χ4n) is 8.27. The Labute approximate surface area is 317 Å². The van der Waals surface area contributed by atoms with Crippen molar-refractivity contribution in [2.75, 3.05) is 4.90 Å². The van der Waals surface area contributed by atoms with Crippen molar-refractivity contribution in [2.45, 2.75) is 0 Å². The van der Waals surface area contributed by atoms with Crippen LogP contribution in [0.3, 0.4) is 0 Å². The molecule has 252 valence electrons. The molecule has 0 aliphatic carbocycles. The average Bonchev–Trinajstić information content (AvgIpc) is 3.62. The molecule has 0 atom stereocenters. The summed E-state index contributed by atoms with van der Waals surface area (Å²) in [7, 11) is 0. The molecule has 0 fully saturated rings. The number of anilines is 3. The van der Waals surface area contributed by atoms with Crippen molar-refractivity contribution in [3.63, 3.8) is 0 Å². The summed E-state index contributed by atoms with van der Waals surface area (Å²) in [4.78, 5) is 2.39. The molecule has 54 heavy (non-hydrogen) atoms. The number of benzene rings is 10. The normalized spacial score (nSPS) is 11.7. The molecule has 10 aromatic carbocycles. The van der Waals surface area contributed by atoms with Crippen LogP contribution in [0.15, 0.2) is 200 Å². The third-order valence-electron chi connectivity index (χ3n) is 11.0. The van der Waals surface area contributed by atoms with E-state index in [1.165, 1.54) is 85.5 Å². The van der Waals surface area contributed by atoms with E-state index in [9.17, 15) is 0 Å². The molecule has 0 spiro atoms. The molecule has 2 heteroatoms. The first-order valence-corrected chi connectivity index (χ1v) is 19.3. The van der Waals surface area contributed by atoms with Crippen molar-refractivity contribution in [3.05, 3.63) is 200 Å². The fourth-order valence-corrected chi connectivity index (χ4v) is 9.36. The van der Waals surface area contributed by atoms with E-state index in [0.717, 1.165) is 17.1 Å². The molecular formula is C52H33NS. The van der Waals surface area contributed by atoms with Gasteiger partial charge in [0.15, 0.2) is 0 Å². The van der Waals surface area contributed by atoms with Crippen LogP contribution in [0.2, 0.25) is 0 Å². The van der Waals surface area contributed by atoms with Gasteiger partial charge in [-0.05, 0) is 126 Å². The molecule has 1 nitrogen and oxygen atoms in total. The highest BCUT2D eigenvalue weighted by Crippen LogP contribution is 2.41. The highest BCUT2D eigenvalue weighted by Gasteiger charge is 2.16. The second-order valence-corrected chi connectivity index (χ2v) is 15.2. The number of rotatable bonds is 5. The topological polar surface area (TPSA) is 3.24 Å². The second-order valence-electron chi connectivity index (χ2n) is 14.2. The third kappa shape index (κ3) is 5.15. The lowest BCUT2D eigenvalue weighted by atomic mass is 9.97. The molecular weight excluding hydrogens is 671 g/mol. The van der Waals surface area contributed by atoms with Gasteiger partial charge in [0.05, 0.1) is 0 Å². The van der Waals surface area contributed by atoms with E-state index in [4.69, 9.17) is 0 Å². The van der Waals surface area contributed by atoms with Crippen LogP contribution < -0.4 is 4.90 Å². The molecule has 0 aliphatic heterocycles. The molecule has 0 N–H and O–H groups in total. The maximum Gasteiger partial charge on any atom is 0.0468 e. The zero-order valence-corrected chi connectivity index (χ0v) is 30.2. The first-order chi connectivity index (χ1) is 26.7. The zero-order valence-electron chi connectivity index (χ0n) is 29.4. The third-order valence-corrected chi connectivity index (χ3v) is 12.2. The molecule has 0 saturated heterocycles. The maximum absolute atomic E-state index is 2.39. The number of hydrogen-bond donors (Lipinski definition) is 0. The molecule has 1 heterocycles. The summed E-state index contributed by atoms with van der Waals surface area (Å²) in [6.45, 7) is 0. The first-order valence-electron chi connectivity index (χ1n) is 18.5. The smallest absolute Gasteiger partial charge is 0.0468 e. The number of thiophene rings is 1.